The Labute approximate surface area is 195 Å². The predicted molar refractivity (Wildman–Crippen MR) is 121 cm³/mol. The van der Waals surface area contributed by atoms with E-state index in [2.05, 4.69) is 25.7 Å². The van der Waals surface area contributed by atoms with Gasteiger partial charge in [-0.25, -0.2) is 4.98 Å². The van der Waals surface area contributed by atoms with Crippen molar-refractivity contribution in [1.82, 2.24) is 25.4 Å². The average Bonchev–Trinajstić information content (AvgIpc) is 3.25. The Balaban J connectivity index is 1.46. The number of oxime groups is 1. The number of carboxylic acid groups (broad SMARTS) is 1. The third kappa shape index (κ3) is 4.39. The zero-order chi connectivity index (χ0) is 23.6. The van der Waals surface area contributed by atoms with Crippen LogP contribution in [-0.4, -0.2) is 79.5 Å². The third-order valence-corrected chi connectivity index (χ3v) is 7.37. The number of nitrogens with one attached hydrogen (secondary N) is 1. The maximum Gasteiger partial charge on any atom is 0.316 e. The van der Waals surface area contributed by atoms with Gasteiger partial charge in [-0.1, -0.05) is 11.2 Å². The van der Waals surface area contributed by atoms with Crippen molar-refractivity contribution in [3.8, 4) is 0 Å². The number of carbonyl (C=O) groups excluding carboxylic acids is 2. The van der Waals surface area contributed by atoms with E-state index in [1.165, 1.54) is 36.0 Å². The number of thiazole rings is 1. The zero-order valence-electron chi connectivity index (χ0n) is 17.2. The number of aliphatic carboxylic acids is 1. The number of amides is 2. The molecule has 2 aromatic heterocycles. The molecule has 2 amide bonds. The second kappa shape index (κ2) is 9.15. The molecule has 0 spiro atoms. The standard InChI is InChI=1S/C19H19N7O5S2/c1-31-25-12(11-7-32-18(20)22-11)14(27)23-13-15(28)26-8-19(17(29)30,9-33-16(13)26)5-4-10-3-2-6-21-24-10/h2-7,13,16H,8-9H2,1H3,(H2,20,22)(H,23,27)(H,29,30)/t13?,16-,19?/m1/s1. The van der Waals surface area contributed by atoms with E-state index < -0.39 is 28.7 Å². The zero-order valence-corrected chi connectivity index (χ0v) is 18.9. The molecule has 4 N–H and O–H groups in total. The molecule has 12 nitrogen and oxygen atoms in total. The molecule has 4 rings (SSSR count). The number of thioether (sulfide) groups is 1. The Hall–Kier alpha value is -3.52. The summed E-state index contributed by atoms with van der Waals surface area (Å²) in [5.41, 5.74) is 4.98. The molecule has 2 unspecified atom stereocenters. The van der Waals surface area contributed by atoms with Crippen LogP contribution in [0.15, 0.2) is 34.9 Å². The number of fused-ring (bicyclic) bond motifs is 1. The van der Waals surface area contributed by atoms with Crippen LogP contribution in [0.1, 0.15) is 11.4 Å². The van der Waals surface area contributed by atoms with Crippen molar-refractivity contribution in [3.05, 3.63) is 41.2 Å². The second-order valence-corrected chi connectivity index (χ2v) is 9.25. The number of nitrogens with zero attached hydrogens (tertiary/aromatic N) is 5. The number of rotatable bonds is 7. The van der Waals surface area contributed by atoms with E-state index in [0.717, 1.165) is 11.3 Å². The first-order valence-corrected chi connectivity index (χ1v) is 11.5. The molecule has 0 aliphatic carbocycles. The summed E-state index contributed by atoms with van der Waals surface area (Å²) >= 11 is 2.42. The van der Waals surface area contributed by atoms with Crippen molar-refractivity contribution >= 4 is 57.8 Å². The number of aromatic nitrogens is 3. The molecule has 2 aliphatic heterocycles. The number of anilines is 1. The topological polar surface area (TPSA) is 173 Å². The minimum Gasteiger partial charge on any atom is -0.481 e. The van der Waals surface area contributed by atoms with Crippen molar-refractivity contribution in [2.45, 2.75) is 11.4 Å². The highest BCUT2D eigenvalue weighted by atomic mass is 32.2. The van der Waals surface area contributed by atoms with Gasteiger partial charge < -0.3 is 25.9 Å². The highest BCUT2D eigenvalue weighted by Crippen LogP contribution is 2.43. The molecule has 0 radical (unpaired) electrons. The van der Waals surface area contributed by atoms with Gasteiger partial charge in [0.05, 0.1) is 5.69 Å². The fourth-order valence-corrected chi connectivity index (χ4v) is 5.51. The van der Waals surface area contributed by atoms with Gasteiger partial charge in [-0.3, -0.25) is 14.4 Å². The van der Waals surface area contributed by atoms with Crippen molar-refractivity contribution in [3.63, 3.8) is 0 Å². The molecule has 33 heavy (non-hydrogen) atoms. The lowest BCUT2D eigenvalue weighted by atomic mass is 9.86. The Kier molecular flexibility index (Phi) is 6.29. The van der Waals surface area contributed by atoms with Crippen LogP contribution < -0.4 is 11.1 Å². The summed E-state index contributed by atoms with van der Waals surface area (Å²) in [7, 11) is 1.29. The minimum atomic E-state index is -1.29. The molecular formula is C19H19N7O5S2. The van der Waals surface area contributed by atoms with Gasteiger partial charge in [0.15, 0.2) is 10.8 Å². The maximum atomic E-state index is 12.8. The summed E-state index contributed by atoms with van der Waals surface area (Å²) in [5, 5.41) is 25.4. The molecule has 2 aromatic rings. The summed E-state index contributed by atoms with van der Waals surface area (Å²) in [6, 6.07) is 2.57. The van der Waals surface area contributed by atoms with Gasteiger partial charge in [-0.05, 0) is 18.2 Å². The molecule has 0 aromatic carbocycles. The number of carboxylic acids is 1. The molecule has 3 atom stereocenters. The number of hydrogen-bond donors (Lipinski definition) is 3. The number of nitrogen functional groups attached to an aromatic ring is 1. The lowest BCUT2D eigenvalue weighted by Crippen LogP contribution is -2.73. The average molecular weight is 490 g/mol. The first-order valence-electron chi connectivity index (χ1n) is 9.60. The van der Waals surface area contributed by atoms with Gasteiger partial charge >= 0.3 is 5.97 Å². The number of β-lactam (4-membered cyclic amide) rings is 1. The van der Waals surface area contributed by atoms with Crippen molar-refractivity contribution < 1.29 is 24.3 Å². The van der Waals surface area contributed by atoms with E-state index in [9.17, 15) is 19.5 Å². The maximum absolute atomic E-state index is 12.8. The minimum absolute atomic E-state index is 0.0242. The predicted octanol–water partition coefficient (Wildman–Crippen LogP) is 0.0501. The van der Waals surface area contributed by atoms with Gasteiger partial charge in [0.25, 0.3) is 5.91 Å². The second-order valence-electron chi connectivity index (χ2n) is 7.26. The lowest BCUT2D eigenvalue weighted by molar-refractivity contribution is -0.155. The fourth-order valence-electron chi connectivity index (χ4n) is 3.45. The molecule has 2 aliphatic rings. The first-order chi connectivity index (χ1) is 15.8. The Morgan fingerprint density at radius 1 is 1.48 bits per heavy atom. The molecule has 172 valence electrons. The monoisotopic (exact) mass is 489 g/mol. The highest BCUT2D eigenvalue weighted by Gasteiger charge is 2.56. The van der Waals surface area contributed by atoms with Crippen LogP contribution >= 0.6 is 23.1 Å². The van der Waals surface area contributed by atoms with Gasteiger partial charge in [0, 0.05) is 23.9 Å². The highest BCUT2D eigenvalue weighted by molar-refractivity contribution is 8.00. The summed E-state index contributed by atoms with van der Waals surface area (Å²) in [6.07, 6.45) is 4.64. The summed E-state index contributed by atoms with van der Waals surface area (Å²) in [4.78, 5) is 47.9. The summed E-state index contributed by atoms with van der Waals surface area (Å²) in [5.74, 6) is -1.86. The molecule has 2 fully saturated rings. The first kappa shape index (κ1) is 22.7. The van der Waals surface area contributed by atoms with Crippen molar-refractivity contribution in [2.75, 3.05) is 25.1 Å². The van der Waals surface area contributed by atoms with Crippen LogP contribution in [0.3, 0.4) is 0 Å². The van der Waals surface area contributed by atoms with E-state index >= 15 is 0 Å². The Morgan fingerprint density at radius 3 is 2.94 bits per heavy atom. The molecule has 14 heteroatoms. The van der Waals surface area contributed by atoms with Crippen LogP contribution in [-0.2, 0) is 19.2 Å². The smallest absolute Gasteiger partial charge is 0.316 e. The SMILES string of the molecule is CON=C(C(=O)NC1C(=O)N2CC(C=Cc3cccnn3)(C(=O)O)CS[C@H]12)c1csc(N)n1. The largest absolute Gasteiger partial charge is 0.481 e. The molecular weight excluding hydrogens is 470 g/mol. The van der Waals surface area contributed by atoms with Crippen molar-refractivity contribution in [2.24, 2.45) is 10.6 Å². The Bertz CT molecular complexity index is 1140. The molecule has 4 heterocycles. The van der Waals surface area contributed by atoms with Crippen LogP contribution in [0.5, 0.6) is 0 Å². The van der Waals surface area contributed by atoms with E-state index in [1.807, 2.05) is 0 Å². The third-order valence-electron chi connectivity index (χ3n) is 5.15. The van der Waals surface area contributed by atoms with Crippen molar-refractivity contribution in [1.29, 1.82) is 0 Å². The quantitative estimate of drug-likeness (QED) is 0.274. The summed E-state index contributed by atoms with van der Waals surface area (Å²) in [6.45, 7) is -0.0242. The van der Waals surface area contributed by atoms with E-state index in [0.29, 0.717) is 5.69 Å². The van der Waals surface area contributed by atoms with E-state index in [-0.39, 0.29) is 34.7 Å². The van der Waals surface area contributed by atoms with E-state index in [1.54, 1.807) is 23.6 Å². The van der Waals surface area contributed by atoms with Crippen LogP contribution in [0.2, 0.25) is 0 Å². The number of carbonyl (C=O) groups is 3. The molecule has 2 saturated heterocycles. The van der Waals surface area contributed by atoms with E-state index in [4.69, 9.17) is 10.6 Å². The normalized spacial score (nSPS) is 24.8. The van der Waals surface area contributed by atoms with Crippen LogP contribution in [0.4, 0.5) is 5.13 Å². The van der Waals surface area contributed by atoms with Gasteiger partial charge in [0.1, 0.15) is 29.6 Å². The van der Waals surface area contributed by atoms with Gasteiger partial charge in [-0.15, -0.1) is 23.1 Å². The van der Waals surface area contributed by atoms with Gasteiger partial charge in [0.2, 0.25) is 5.91 Å². The van der Waals surface area contributed by atoms with Crippen LogP contribution in [0, 0.1) is 5.41 Å². The number of hydrogen-bond acceptors (Lipinski definition) is 11. The molecule has 0 saturated carbocycles. The lowest BCUT2D eigenvalue weighted by Gasteiger charge is -2.53. The van der Waals surface area contributed by atoms with Gasteiger partial charge in [-0.2, -0.15) is 10.2 Å². The fraction of sp³-hybridized carbons (Fsp3) is 0.316. The Morgan fingerprint density at radius 2 is 2.30 bits per heavy atom. The van der Waals surface area contributed by atoms with Crippen LogP contribution in [0.25, 0.3) is 6.08 Å². The summed E-state index contributed by atoms with van der Waals surface area (Å²) < 4.78 is 0. The molecule has 0 bridgehead atoms. The number of nitrogens with two attached hydrogens (primary N) is 1.